The van der Waals surface area contributed by atoms with E-state index >= 15 is 0 Å². The van der Waals surface area contributed by atoms with Gasteiger partial charge < -0.3 is 32.3 Å². The van der Waals surface area contributed by atoms with Crippen LogP contribution in [0.15, 0.2) is 42.5 Å². The maximum Gasteiger partial charge on any atom is 0.161 e. The molecule has 0 bridgehead atoms. The normalized spacial score (nSPS) is 10.1. The molecule has 0 fully saturated rings. The number of hydrogen-bond donors (Lipinski definition) is 2. The van der Waals surface area contributed by atoms with Crippen molar-refractivity contribution in [2.24, 2.45) is 0 Å². The van der Waals surface area contributed by atoms with E-state index in [1.807, 2.05) is 25.1 Å². The van der Waals surface area contributed by atoms with Crippen LogP contribution in [0.25, 0.3) is 0 Å². The average molecular weight is 351 g/mol. The van der Waals surface area contributed by atoms with Crippen molar-refractivity contribution in [3.8, 4) is 11.5 Å². The third-order valence-corrected chi connectivity index (χ3v) is 3.44. The van der Waals surface area contributed by atoms with Gasteiger partial charge in [0.05, 0.1) is 13.2 Å². The molecule has 24 heavy (non-hydrogen) atoms. The molecule has 0 amide bonds. The molecule has 0 unspecified atom stereocenters. The van der Waals surface area contributed by atoms with E-state index in [1.54, 1.807) is 0 Å². The molecule has 0 radical (unpaired) electrons. The molecule has 5 heteroatoms. The zero-order valence-electron chi connectivity index (χ0n) is 14.2. The third kappa shape index (κ3) is 6.40. The molecule has 2 N–H and O–H groups in total. The van der Waals surface area contributed by atoms with E-state index in [4.69, 9.17) is 14.6 Å². The van der Waals surface area contributed by atoms with Gasteiger partial charge in [0.2, 0.25) is 0 Å². The standard InChI is InChI=1S/C19H25NO3.ClH/c1-3-22-19-12-17(13-20-10-11-21)8-9-18(19)23-14-16-6-4-15(2)5-7-16;/h4-9,12,20-21H,3,10-11,13-14H2,1-2H3;1H/p-1. The Kier molecular flexibility index (Phi) is 9.23. The van der Waals surface area contributed by atoms with Gasteiger partial charge in [-0.1, -0.05) is 35.9 Å². The molecule has 0 atom stereocenters. The number of aliphatic hydroxyl groups is 1. The van der Waals surface area contributed by atoms with Crippen molar-refractivity contribution in [1.82, 2.24) is 5.32 Å². The molecule has 2 rings (SSSR count). The molecule has 2 aromatic carbocycles. The van der Waals surface area contributed by atoms with Crippen molar-refractivity contribution in [2.75, 3.05) is 19.8 Å². The lowest BCUT2D eigenvalue weighted by atomic mass is 10.1. The van der Waals surface area contributed by atoms with Gasteiger partial charge >= 0.3 is 0 Å². The molecule has 0 aliphatic heterocycles. The molecule has 0 spiro atoms. The molecular formula is C19H25ClNO3-. The molecule has 0 aliphatic carbocycles. The Morgan fingerprint density at radius 3 is 2.33 bits per heavy atom. The van der Waals surface area contributed by atoms with Crippen LogP contribution in [0.2, 0.25) is 0 Å². The van der Waals surface area contributed by atoms with E-state index in [0.29, 0.717) is 26.3 Å². The fourth-order valence-electron chi connectivity index (χ4n) is 2.21. The summed E-state index contributed by atoms with van der Waals surface area (Å²) in [5.74, 6) is 1.50. The van der Waals surface area contributed by atoms with Gasteiger partial charge in [-0.25, -0.2) is 0 Å². The number of rotatable bonds is 9. The summed E-state index contributed by atoms with van der Waals surface area (Å²) in [5, 5.41) is 12.0. The largest absolute Gasteiger partial charge is 1.00 e. The number of halogens is 1. The van der Waals surface area contributed by atoms with Crippen LogP contribution in [0.4, 0.5) is 0 Å². The highest BCUT2D eigenvalue weighted by molar-refractivity contribution is 5.43. The van der Waals surface area contributed by atoms with Crippen LogP contribution >= 0.6 is 0 Å². The van der Waals surface area contributed by atoms with Crippen LogP contribution in [0.3, 0.4) is 0 Å². The van der Waals surface area contributed by atoms with Crippen LogP contribution < -0.4 is 27.2 Å². The predicted octanol–water partition coefficient (Wildman–Crippen LogP) is 0.0586. The molecule has 4 nitrogen and oxygen atoms in total. The van der Waals surface area contributed by atoms with Gasteiger partial charge in [-0.15, -0.1) is 0 Å². The number of aliphatic hydroxyl groups excluding tert-OH is 1. The smallest absolute Gasteiger partial charge is 0.161 e. The summed E-state index contributed by atoms with van der Waals surface area (Å²) in [7, 11) is 0. The molecule has 0 heterocycles. The monoisotopic (exact) mass is 350 g/mol. The van der Waals surface area contributed by atoms with E-state index in [9.17, 15) is 0 Å². The van der Waals surface area contributed by atoms with Crippen molar-refractivity contribution in [1.29, 1.82) is 0 Å². The Morgan fingerprint density at radius 2 is 1.67 bits per heavy atom. The second-order valence-corrected chi connectivity index (χ2v) is 5.39. The Labute approximate surface area is 150 Å². The topological polar surface area (TPSA) is 50.7 Å². The number of nitrogens with one attached hydrogen (secondary N) is 1. The predicted molar refractivity (Wildman–Crippen MR) is 91.9 cm³/mol. The van der Waals surface area contributed by atoms with Gasteiger partial charge in [0, 0.05) is 13.1 Å². The third-order valence-electron chi connectivity index (χ3n) is 3.44. The Bertz CT molecular complexity index is 602. The summed E-state index contributed by atoms with van der Waals surface area (Å²) < 4.78 is 11.6. The van der Waals surface area contributed by atoms with Gasteiger partial charge in [0.25, 0.3) is 0 Å². The highest BCUT2D eigenvalue weighted by atomic mass is 35.5. The Hall–Kier alpha value is -1.75. The summed E-state index contributed by atoms with van der Waals surface area (Å²) in [4.78, 5) is 0. The van der Waals surface area contributed by atoms with Gasteiger partial charge in [0.1, 0.15) is 6.61 Å². The van der Waals surface area contributed by atoms with Crippen molar-refractivity contribution in [3.63, 3.8) is 0 Å². The highest BCUT2D eigenvalue weighted by Gasteiger charge is 2.07. The second-order valence-electron chi connectivity index (χ2n) is 5.39. The number of benzene rings is 2. The lowest BCUT2D eigenvalue weighted by Gasteiger charge is -2.14. The fraction of sp³-hybridized carbons (Fsp3) is 0.368. The van der Waals surface area contributed by atoms with Crippen molar-refractivity contribution >= 4 is 0 Å². The second kappa shape index (κ2) is 10.9. The summed E-state index contributed by atoms with van der Waals surface area (Å²) in [6.45, 7) is 6.54. The van der Waals surface area contributed by atoms with E-state index in [0.717, 1.165) is 22.6 Å². The zero-order valence-corrected chi connectivity index (χ0v) is 15.0. The minimum Gasteiger partial charge on any atom is -1.00 e. The first-order chi connectivity index (χ1) is 11.2. The quantitative estimate of drug-likeness (QED) is 0.628. The van der Waals surface area contributed by atoms with E-state index in [1.165, 1.54) is 5.56 Å². The van der Waals surface area contributed by atoms with Crippen LogP contribution in [0, 0.1) is 6.92 Å². The van der Waals surface area contributed by atoms with Crippen LogP contribution in [-0.2, 0) is 13.2 Å². The molecular weight excluding hydrogens is 326 g/mol. The first-order valence-corrected chi connectivity index (χ1v) is 7.98. The maximum absolute atomic E-state index is 8.82. The first-order valence-electron chi connectivity index (χ1n) is 7.98. The SMILES string of the molecule is CCOc1cc(CNCCO)ccc1OCc1ccc(C)cc1.[Cl-]. The Balaban J connectivity index is 0.00000288. The fourth-order valence-corrected chi connectivity index (χ4v) is 2.21. The maximum atomic E-state index is 8.82. The Morgan fingerprint density at radius 1 is 0.958 bits per heavy atom. The molecule has 132 valence electrons. The summed E-state index contributed by atoms with van der Waals surface area (Å²) in [5.41, 5.74) is 3.47. The number of ether oxygens (including phenoxy) is 2. The summed E-state index contributed by atoms with van der Waals surface area (Å²) in [6.07, 6.45) is 0. The zero-order chi connectivity index (χ0) is 16.5. The van der Waals surface area contributed by atoms with Crippen molar-refractivity contribution in [2.45, 2.75) is 27.0 Å². The average Bonchev–Trinajstić information content (AvgIpc) is 2.56. The van der Waals surface area contributed by atoms with Gasteiger partial charge in [-0.3, -0.25) is 0 Å². The molecule has 0 saturated carbocycles. The van der Waals surface area contributed by atoms with E-state index in [-0.39, 0.29) is 19.0 Å². The summed E-state index contributed by atoms with van der Waals surface area (Å²) in [6, 6.07) is 14.2. The van der Waals surface area contributed by atoms with Crippen molar-refractivity contribution < 1.29 is 27.0 Å². The number of aryl methyl sites for hydroxylation is 1. The van der Waals surface area contributed by atoms with E-state index < -0.39 is 0 Å². The minimum absolute atomic E-state index is 0. The molecule has 0 aromatic heterocycles. The molecule has 0 saturated heterocycles. The molecule has 0 aliphatic rings. The van der Waals surface area contributed by atoms with E-state index in [2.05, 4.69) is 36.5 Å². The molecule has 2 aromatic rings. The van der Waals surface area contributed by atoms with Gasteiger partial charge in [0.15, 0.2) is 11.5 Å². The number of hydrogen-bond acceptors (Lipinski definition) is 4. The lowest BCUT2D eigenvalue weighted by Crippen LogP contribution is -3.00. The van der Waals surface area contributed by atoms with Crippen molar-refractivity contribution in [3.05, 3.63) is 59.2 Å². The lowest BCUT2D eigenvalue weighted by molar-refractivity contribution is -0.00000667. The van der Waals surface area contributed by atoms with Gasteiger partial charge in [-0.05, 0) is 37.1 Å². The minimum atomic E-state index is 0. The highest BCUT2D eigenvalue weighted by Crippen LogP contribution is 2.29. The van der Waals surface area contributed by atoms with Crippen LogP contribution in [-0.4, -0.2) is 24.9 Å². The first kappa shape index (κ1) is 20.3. The van der Waals surface area contributed by atoms with Crippen LogP contribution in [0.5, 0.6) is 11.5 Å². The summed E-state index contributed by atoms with van der Waals surface area (Å²) >= 11 is 0. The van der Waals surface area contributed by atoms with Gasteiger partial charge in [-0.2, -0.15) is 0 Å². The van der Waals surface area contributed by atoms with Crippen LogP contribution in [0.1, 0.15) is 23.6 Å².